The van der Waals surface area contributed by atoms with Crippen molar-refractivity contribution in [3.63, 3.8) is 0 Å². The van der Waals surface area contributed by atoms with Crippen molar-refractivity contribution in [2.45, 2.75) is 52.1 Å². The van der Waals surface area contributed by atoms with Crippen LogP contribution in [-0.4, -0.2) is 52.6 Å². The third-order valence-corrected chi connectivity index (χ3v) is 6.66. The van der Waals surface area contributed by atoms with E-state index >= 15 is 0 Å². The van der Waals surface area contributed by atoms with E-state index in [1.165, 1.54) is 9.80 Å². The lowest BCUT2D eigenvalue weighted by molar-refractivity contribution is -0.143. The Morgan fingerprint density at radius 2 is 1.72 bits per heavy atom. The van der Waals surface area contributed by atoms with Crippen LogP contribution in [-0.2, 0) is 25.7 Å². The van der Waals surface area contributed by atoms with Gasteiger partial charge in [-0.25, -0.2) is 0 Å². The Balaban J connectivity index is 1.70. The molecule has 0 bridgehead atoms. The first-order chi connectivity index (χ1) is 15.3. The number of carbonyl (C=O) groups excluding carboxylic acids is 4. The van der Waals surface area contributed by atoms with Gasteiger partial charge in [-0.05, 0) is 43.9 Å². The summed E-state index contributed by atoms with van der Waals surface area (Å²) < 4.78 is 0.926. The maximum atomic E-state index is 13.2. The van der Waals surface area contributed by atoms with Crippen LogP contribution in [0.25, 0.3) is 0 Å². The van der Waals surface area contributed by atoms with E-state index in [9.17, 15) is 19.2 Å². The van der Waals surface area contributed by atoms with Gasteiger partial charge in [-0.2, -0.15) is 0 Å². The lowest BCUT2D eigenvalue weighted by Crippen LogP contribution is -2.48. The molecule has 3 rings (SSSR count). The quantitative estimate of drug-likeness (QED) is 0.414. The van der Waals surface area contributed by atoms with E-state index in [1.807, 2.05) is 43.3 Å². The third-order valence-electron chi connectivity index (χ3n) is 6.13. The molecule has 1 saturated heterocycles. The second-order valence-corrected chi connectivity index (χ2v) is 9.26. The molecule has 1 fully saturated rings. The number of carbonyl (C=O) groups is 4. The Hall–Kier alpha value is -2.48. The summed E-state index contributed by atoms with van der Waals surface area (Å²) in [5.74, 6) is -1.47. The SMILES string of the molecule is CCCNC(=O)[C@@H](C)N(Cc1ccc(Br)cc1)C(=O)CCN1C(=O)[C@H]2CC=CC[C@H]2C1=O. The van der Waals surface area contributed by atoms with Crippen molar-refractivity contribution in [2.75, 3.05) is 13.1 Å². The predicted octanol–water partition coefficient (Wildman–Crippen LogP) is 3.03. The van der Waals surface area contributed by atoms with Gasteiger partial charge < -0.3 is 10.2 Å². The molecule has 172 valence electrons. The fourth-order valence-electron chi connectivity index (χ4n) is 4.21. The molecular weight excluding hydrogens is 474 g/mol. The van der Waals surface area contributed by atoms with E-state index in [-0.39, 0.29) is 55.0 Å². The van der Waals surface area contributed by atoms with Crippen molar-refractivity contribution in [3.05, 3.63) is 46.5 Å². The van der Waals surface area contributed by atoms with Crippen LogP contribution in [0.1, 0.15) is 45.1 Å². The van der Waals surface area contributed by atoms with Gasteiger partial charge in [-0.3, -0.25) is 24.1 Å². The molecule has 1 N–H and O–H groups in total. The fourth-order valence-corrected chi connectivity index (χ4v) is 4.47. The van der Waals surface area contributed by atoms with Crippen LogP contribution >= 0.6 is 15.9 Å². The smallest absolute Gasteiger partial charge is 0.242 e. The molecule has 1 aromatic carbocycles. The molecule has 2 aliphatic rings. The fraction of sp³-hybridized carbons (Fsp3) is 0.500. The van der Waals surface area contributed by atoms with Crippen LogP contribution in [0.2, 0.25) is 0 Å². The molecule has 1 aliphatic carbocycles. The Morgan fingerprint density at radius 3 is 2.28 bits per heavy atom. The maximum absolute atomic E-state index is 13.2. The van der Waals surface area contributed by atoms with Gasteiger partial charge >= 0.3 is 0 Å². The van der Waals surface area contributed by atoms with Gasteiger partial charge in [-0.1, -0.05) is 47.1 Å². The van der Waals surface area contributed by atoms with Gasteiger partial charge in [0.1, 0.15) is 6.04 Å². The first-order valence-electron chi connectivity index (χ1n) is 11.1. The molecule has 32 heavy (non-hydrogen) atoms. The van der Waals surface area contributed by atoms with Crippen LogP contribution in [0.3, 0.4) is 0 Å². The van der Waals surface area contributed by atoms with Crippen molar-refractivity contribution in [1.29, 1.82) is 0 Å². The van der Waals surface area contributed by atoms with Crippen molar-refractivity contribution >= 4 is 39.6 Å². The average Bonchev–Trinajstić information content (AvgIpc) is 3.04. The van der Waals surface area contributed by atoms with E-state index in [0.29, 0.717) is 19.4 Å². The summed E-state index contributed by atoms with van der Waals surface area (Å²) in [5, 5.41) is 2.84. The molecule has 0 radical (unpaired) electrons. The Bertz CT molecular complexity index is 873. The second kappa shape index (κ2) is 10.9. The van der Waals surface area contributed by atoms with E-state index < -0.39 is 6.04 Å². The first-order valence-corrected chi connectivity index (χ1v) is 11.9. The van der Waals surface area contributed by atoms with E-state index in [4.69, 9.17) is 0 Å². The molecule has 0 unspecified atom stereocenters. The Kier molecular flexibility index (Phi) is 8.23. The van der Waals surface area contributed by atoms with Gasteiger partial charge in [0, 0.05) is 30.5 Å². The summed E-state index contributed by atoms with van der Waals surface area (Å²) >= 11 is 3.40. The summed E-state index contributed by atoms with van der Waals surface area (Å²) in [5.41, 5.74) is 0.891. The number of allylic oxidation sites excluding steroid dienone is 2. The third kappa shape index (κ3) is 5.46. The summed E-state index contributed by atoms with van der Waals surface area (Å²) in [4.78, 5) is 53.9. The van der Waals surface area contributed by atoms with Gasteiger partial charge in [0.05, 0.1) is 11.8 Å². The summed E-state index contributed by atoms with van der Waals surface area (Å²) in [6.07, 6.45) is 5.82. The van der Waals surface area contributed by atoms with Gasteiger partial charge in [0.2, 0.25) is 23.6 Å². The lowest BCUT2D eigenvalue weighted by Gasteiger charge is -2.29. The molecule has 1 aromatic rings. The van der Waals surface area contributed by atoms with Crippen molar-refractivity contribution in [1.82, 2.24) is 15.1 Å². The van der Waals surface area contributed by atoms with Crippen LogP contribution in [0.5, 0.6) is 0 Å². The number of likely N-dealkylation sites (tertiary alicyclic amines) is 1. The lowest BCUT2D eigenvalue weighted by atomic mass is 9.85. The summed E-state index contributed by atoms with van der Waals surface area (Å²) in [6.45, 7) is 4.52. The minimum atomic E-state index is -0.672. The van der Waals surface area contributed by atoms with Gasteiger partial charge in [-0.15, -0.1) is 0 Å². The highest BCUT2D eigenvalue weighted by molar-refractivity contribution is 9.10. The molecule has 8 heteroatoms. The number of imide groups is 1. The monoisotopic (exact) mass is 503 g/mol. The van der Waals surface area contributed by atoms with Gasteiger partial charge in [0.25, 0.3) is 0 Å². The maximum Gasteiger partial charge on any atom is 0.242 e. The van der Waals surface area contributed by atoms with E-state index in [0.717, 1.165) is 16.5 Å². The Morgan fingerprint density at radius 1 is 1.12 bits per heavy atom. The number of hydrogen-bond acceptors (Lipinski definition) is 4. The molecule has 7 nitrogen and oxygen atoms in total. The number of nitrogens with one attached hydrogen (secondary N) is 1. The average molecular weight is 504 g/mol. The highest BCUT2D eigenvalue weighted by Crippen LogP contribution is 2.35. The molecule has 1 heterocycles. The molecule has 0 aromatic heterocycles. The predicted molar refractivity (Wildman–Crippen MR) is 124 cm³/mol. The van der Waals surface area contributed by atoms with Crippen LogP contribution < -0.4 is 5.32 Å². The zero-order valence-corrected chi connectivity index (χ0v) is 20.1. The number of rotatable bonds is 9. The van der Waals surface area contributed by atoms with Gasteiger partial charge in [0.15, 0.2) is 0 Å². The number of nitrogens with zero attached hydrogens (tertiary/aromatic N) is 2. The number of amides is 4. The molecule has 0 saturated carbocycles. The number of fused-ring (bicyclic) bond motifs is 1. The van der Waals surface area contributed by atoms with Crippen molar-refractivity contribution in [2.24, 2.45) is 11.8 Å². The highest BCUT2D eigenvalue weighted by Gasteiger charge is 2.47. The van der Waals surface area contributed by atoms with E-state index in [1.54, 1.807) is 6.92 Å². The molecular formula is C24H30BrN3O4. The largest absolute Gasteiger partial charge is 0.354 e. The normalized spacial score (nSPS) is 20.8. The zero-order chi connectivity index (χ0) is 23.3. The van der Waals surface area contributed by atoms with Crippen LogP contribution in [0, 0.1) is 11.8 Å². The zero-order valence-electron chi connectivity index (χ0n) is 18.6. The highest BCUT2D eigenvalue weighted by atomic mass is 79.9. The summed E-state index contributed by atoms with van der Waals surface area (Å²) in [7, 11) is 0. The van der Waals surface area contributed by atoms with Crippen LogP contribution in [0.15, 0.2) is 40.9 Å². The number of halogens is 1. The topological polar surface area (TPSA) is 86.8 Å². The first kappa shape index (κ1) is 24.2. The second-order valence-electron chi connectivity index (χ2n) is 8.35. The number of hydrogen-bond donors (Lipinski definition) is 1. The standard InChI is InChI=1S/C24H30BrN3O4/c1-3-13-26-22(30)16(2)28(15-17-8-10-18(25)11-9-17)21(29)12-14-27-23(31)19-6-4-5-7-20(19)24(27)32/h4-5,8-11,16,19-20H,3,6-7,12-15H2,1-2H3,(H,26,30)/t16-,19-,20+/m1/s1. The Labute approximate surface area is 197 Å². The molecule has 1 aliphatic heterocycles. The van der Waals surface area contributed by atoms with Crippen LogP contribution in [0.4, 0.5) is 0 Å². The minimum absolute atomic E-state index is 0.00766. The van der Waals surface area contributed by atoms with E-state index in [2.05, 4.69) is 21.2 Å². The molecule has 3 atom stereocenters. The molecule has 0 spiro atoms. The van der Waals surface area contributed by atoms with Crippen molar-refractivity contribution < 1.29 is 19.2 Å². The summed E-state index contributed by atoms with van der Waals surface area (Å²) in [6, 6.07) is 6.89. The van der Waals surface area contributed by atoms with Crippen molar-refractivity contribution in [3.8, 4) is 0 Å². The minimum Gasteiger partial charge on any atom is -0.354 e. The molecule has 4 amide bonds. The number of benzene rings is 1.